The van der Waals surface area contributed by atoms with E-state index in [0.29, 0.717) is 11.3 Å². The number of pyridine rings is 1. The summed E-state index contributed by atoms with van der Waals surface area (Å²) >= 11 is 0. The number of methoxy groups -OCH3 is 1. The highest BCUT2D eigenvalue weighted by Gasteiger charge is 2.13. The molecule has 0 saturated heterocycles. The number of benzene rings is 2. The van der Waals surface area contributed by atoms with Crippen LogP contribution in [-0.4, -0.2) is 32.2 Å². The minimum atomic E-state index is -0.359. The molecule has 1 aliphatic heterocycles. The number of rotatable bonds is 4. The molecule has 156 valence electrons. The fourth-order valence-corrected chi connectivity index (χ4v) is 3.17. The van der Waals surface area contributed by atoms with Crippen molar-refractivity contribution in [2.24, 2.45) is 0 Å². The summed E-state index contributed by atoms with van der Waals surface area (Å²) in [5.74, 6) is -0.359. The van der Waals surface area contributed by atoms with Gasteiger partial charge in [0.25, 0.3) is 0 Å². The molecule has 3 aromatic rings. The molecule has 2 heterocycles. The molecule has 0 spiro atoms. The molecule has 1 N–H and O–H groups in total. The SMILES string of the molecule is CNc1cnccc1C(=O)OC.Cc1ccc(N(C)c2ccc3c(c2)COC3)cc1. The van der Waals surface area contributed by atoms with Gasteiger partial charge in [-0.1, -0.05) is 23.8 Å². The van der Waals surface area contributed by atoms with Crippen molar-refractivity contribution in [2.75, 3.05) is 31.4 Å². The molecular weight excluding hydrogens is 378 g/mol. The lowest BCUT2D eigenvalue weighted by molar-refractivity contribution is 0.0601. The maximum Gasteiger partial charge on any atom is 0.340 e. The van der Waals surface area contributed by atoms with Gasteiger partial charge in [0.05, 0.1) is 37.8 Å². The lowest BCUT2D eigenvalue weighted by atomic mass is 10.1. The van der Waals surface area contributed by atoms with E-state index in [0.717, 1.165) is 13.2 Å². The van der Waals surface area contributed by atoms with E-state index >= 15 is 0 Å². The molecule has 6 heteroatoms. The standard InChI is InChI=1S/C16H17NO.C8H10N2O2/c1-12-3-6-15(7-4-12)17(2)16-8-5-13-10-18-11-14(13)9-16;1-9-7-5-10-4-3-6(7)8(11)12-2/h3-9H,10-11H2,1-2H3;3-5,9H,1-2H3. The molecule has 0 amide bonds. The van der Waals surface area contributed by atoms with Crippen LogP contribution in [-0.2, 0) is 22.7 Å². The van der Waals surface area contributed by atoms with E-state index in [9.17, 15) is 4.79 Å². The highest BCUT2D eigenvalue weighted by molar-refractivity contribution is 5.95. The fourth-order valence-electron chi connectivity index (χ4n) is 3.17. The predicted molar refractivity (Wildman–Crippen MR) is 119 cm³/mol. The molecule has 4 rings (SSSR count). The van der Waals surface area contributed by atoms with Gasteiger partial charge in [-0.2, -0.15) is 0 Å². The van der Waals surface area contributed by atoms with E-state index in [-0.39, 0.29) is 5.97 Å². The van der Waals surface area contributed by atoms with Crippen molar-refractivity contribution in [3.63, 3.8) is 0 Å². The van der Waals surface area contributed by atoms with E-state index < -0.39 is 0 Å². The van der Waals surface area contributed by atoms with E-state index in [1.54, 1.807) is 25.5 Å². The molecule has 1 aromatic heterocycles. The highest BCUT2D eigenvalue weighted by Crippen LogP contribution is 2.29. The van der Waals surface area contributed by atoms with Crippen LogP contribution in [0, 0.1) is 6.92 Å². The van der Waals surface area contributed by atoms with Gasteiger partial charge in [-0.3, -0.25) is 4.98 Å². The normalized spacial score (nSPS) is 11.7. The average molecular weight is 405 g/mol. The summed E-state index contributed by atoms with van der Waals surface area (Å²) in [5.41, 5.74) is 7.50. The van der Waals surface area contributed by atoms with Crippen LogP contribution in [0.3, 0.4) is 0 Å². The molecule has 0 unspecified atom stereocenters. The van der Waals surface area contributed by atoms with Gasteiger partial charge in [-0.15, -0.1) is 0 Å². The van der Waals surface area contributed by atoms with Crippen LogP contribution in [0.2, 0.25) is 0 Å². The second-order valence-corrected chi connectivity index (χ2v) is 7.00. The van der Waals surface area contributed by atoms with Gasteiger partial charge in [0.2, 0.25) is 0 Å². The number of nitrogens with zero attached hydrogens (tertiary/aromatic N) is 2. The monoisotopic (exact) mass is 405 g/mol. The van der Waals surface area contributed by atoms with Crippen LogP contribution in [0.1, 0.15) is 27.0 Å². The number of aryl methyl sites for hydroxylation is 1. The lowest BCUT2D eigenvalue weighted by Crippen LogP contribution is -2.09. The number of anilines is 3. The van der Waals surface area contributed by atoms with E-state index in [4.69, 9.17) is 4.74 Å². The highest BCUT2D eigenvalue weighted by atomic mass is 16.5. The van der Waals surface area contributed by atoms with Gasteiger partial charge in [0.1, 0.15) is 0 Å². The third-order valence-corrected chi connectivity index (χ3v) is 5.01. The number of hydrogen-bond donors (Lipinski definition) is 1. The van der Waals surface area contributed by atoms with Crippen LogP contribution in [0.5, 0.6) is 0 Å². The molecule has 2 aromatic carbocycles. The Kier molecular flexibility index (Phi) is 7.03. The first-order chi connectivity index (χ1) is 14.5. The van der Waals surface area contributed by atoms with Gasteiger partial charge >= 0.3 is 5.97 Å². The van der Waals surface area contributed by atoms with Crippen molar-refractivity contribution < 1.29 is 14.3 Å². The number of esters is 1. The van der Waals surface area contributed by atoms with Crippen LogP contribution < -0.4 is 10.2 Å². The number of carbonyl (C=O) groups is 1. The Morgan fingerprint density at radius 3 is 2.47 bits per heavy atom. The Morgan fingerprint density at radius 2 is 1.77 bits per heavy atom. The predicted octanol–water partition coefficient (Wildman–Crippen LogP) is 4.70. The van der Waals surface area contributed by atoms with Crippen molar-refractivity contribution in [3.8, 4) is 0 Å². The lowest BCUT2D eigenvalue weighted by Gasteiger charge is -2.20. The van der Waals surface area contributed by atoms with Crippen LogP contribution >= 0.6 is 0 Å². The smallest absolute Gasteiger partial charge is 0.340 e. The second kappa shape index (κ2) is 9.89. The third kappa shape index (κ3) is 4.96. The van der Waals surface area contributed by atoms with Crippen LogP contribution in [0.25, 0.3) is 0 Å². The largest absolute Gasteiger partial charge is 0.465 e. The molecule has 6 nitrogen and oxygen atoms in total. The van der Waals surface area contributed by atoms with Gasteiger partial charge in [0, 0.05) is 31.7 Å². The topological polar surface area (TPSA) is 63.7 Å². The quantitative estimate of drug-likeness (QED) is 0.635. The zero-order valence-corrected chi connectivity index (χ0v) is 17.8. The maximum atomic E-state index is 11.1. The van der Waals surface area contributed by atoms with Gasteiger partial charge in [-0.05, 0) is 48.4 Å². The van der Waals surface area contributed by atoms with Crippen molar-refractivity contribution in [1.29, 1.82) is 0 Å². The molecule has 1 aliphatic rings. The van der Waals surface area contributed by atoms with Crippen LogP contribution in [0.15, 0.2) is 60.9 Å². The van der Waals surface area contributed by atoms with Crippen LogP contribution in [0.4, 0.5) is 17.1 Å². The van der Waals surface area contributed by atoms with E-state index in [1.165, 1.54) is 35.2 Å². The summed E-state index contributed by atoms with van der Waals surface area (Å²) in [5, 5.41) is 2.85. The van der Waals surface area contributed by atoms with Crippen molar-refractivity contribution in [2.45, 2.75) is 20.1 Å². The first kappa shape index (κ1) is 21.3. The number of ether oxygens (including phenoxy) is 2. The summed E-state index contributed by atoms with van der Waals surface area (Å²) in [7, 11) is 5.17. The third-order valence-electron chi connectivity index (χ3n) is 5.01. The number of carbonyl (C=O) groups excluding carboxylic acids is 1. The van der Waals surface area contributed by atoms with E-state index in [1.807, 2.05) is 0 Å². The van der Waals surface area contributed by atoms with Crippen molar-refractivity contribution >= 4 is 23.0 Å². The first-order valence-corrected chi connectivity index (χ1v) is 9.73. The Morgan fingerprint density at radius 1 is 1.07 bits per heavy atom. The molecule has 30 heavy (non-hydrogen) atoms. The maximum absolute atomic E-state index is 11.1. The Hall–Kier alpha value is -3.38. The summed E-state index contributed by atoms with van der Waals surface area (Å²) in [6.45, 7) is 3.60. The summed E-state index contributed by atoms with van der Waals surface area (Å²) in [4.78, 5) is 17.2. The zero-order valence-electron chi connectivity index (χ0n) is 17.8. The summed E-state index contributed by atoms with van der Waals surface area (Å²) in [6, 6.07) is 16.7. The minimum Gasteiger partial charge on any atom is -0.465 e. The molecule has 0 radical (unpaired) electrons. The van der Waals surface area contributed by atoms with Gasteiger partial charge in [-0.25, -0.2) is 4.79 Å². The summed E-state index contributed by atoms with van der Waals surface area (Å²) < 4.78 is 10.0. The van der Waals surface area contributed by atoms with Gasteiger partial charge in [0.15, 0.2) is 0 Å². The van der Waals surface area contributed by atoms with Gasteiger partial charge < -0.3 is 19.7 Å². The number of hydrogen-bond acceptors (Lipinski definition) is 6. The Labute approximate surface area is 177 Å². The number of nitrogens with one attached hydrogen (secondary N) is 1. The second-order valence-electron chi connectivity index (χ2n) is 7.00. The van der Waals surface area contributed by atoms with Crippen molar-refractivity contribution in [1.82, 2.24) is 4.98 Å². The molecular formula is C24H27N3O3. The molecule has 0 atom stereocenters. The minimum absolute atomic E-state index is 0.359. The average Bonchev–Trinajstić information content (AvgIpc) is 3.27. The molecule has 0 saturated carbocycles. The number of fused-ring (bicyclic) bond motifs is 1. The zero-order chi connectivity index (χ0) is 21.5. The van der Waals surface area contributed by atoms with E-state index in [2.05, 4.69) is 76.4 Å². The summed E-state index contributed by atoms with van der Waals surface area (Å²) in [6.07, 6.45) is 3.12. The number of aromatic nitrogens is 1. The Bertz CT molecular complexity index is 1000. The molecule has 0 aliphatic carbocycles. The molecule has 0 fully saturated rings. The Balaban J connectivity index is 0.000000187. The van der Waals surface area contributed by atoms with Crippen molar-refractivity contribution in [3.05, 3.63) is 83.2 Å². The molecule has 0 bridgehead atoms. The fraction of sp³-hybridized carbons (Fsp3) is 0.250. The first-order valence-electron chi connectivity index (χ1n) is 9.73.